The Morgan fingerprint density at radius 1 is 1.50 bits per heavy atom. The Labute approximate surface area is 104 Å². The Balaban J connectivity index is 1.86. The van der Waals surface area contributed by atoms with E-state index >= 15 is 0 Å². The van der Waals surface area contributed by atoms with Gasteiger partial charge in [0.1, 0.15) is 0 Å². The highest BCUT2D eigenvalue weighted by Gasteiger charge is 2.30. The molecule has 0 fully saturated rings. The Morgan fingerprint density at radius 2 is 2.33 bits per heavy atom. The third-order valence-corrected chi connectivity index (χ3v) is 3.17. The molecule has 2 aromatic rings. The summed E-state index contributed by atoms with van der Waals surface area (Å²) in [7, 11) is 0. The van der Waals surface area contributed by atoms with Crippen molar-refractivity contribution in [2.45, 2.75) is 25.8 Å². The molecule has 3 rings (SSSR count). The molecule has 0 bridgehead atoms. The number of fused-ring (bicyclic) bond motifs is 1. The second kappa shape index (κ2) is 4.21. The van der Waals surface area contributed by atoms with Crippen LogP contribution in [-0.4, -0.2) is 32.6 Å². The van der Waals surface area contributed by atoms with Crippen LogP contribution in [0.15, 0.2) is 24.3 Å². The Kier molecular flexibility index (Phi) is 2.55. The number of nitrogens with one attached hydrogen (secondary N) is 1. The van der Waals surface area contributed by atoms with Gasteiger partial charge in [0.05, 0.1) is 6.42 Å². The molecule has 1 aromatic carbocycles. The summed E-state index contributed by atoms with van der Waals surface area (Å²) in [5, 5.41) is 13.4. The summed E-state index contributed by atoms with van der Waals surface area (Å²) in [5.41, 5.74) is 2.21. The lowest BCUT2D eigenvalue weighted by atomic mass is 10.1. The van der Waals surface area contributed by atoms with Gasteiger partial charge in [-0.15, -0.1) is 10.2 Å². The smallest absolute Gasteiger partial charge is 0.235 e. The van der Waals surface area contributed by atoms with Gasteiger partial charge in [-0.3, -0.25) is 4.79 Å². The number of rotatable bonds is 2. The molecule has 0 aliphatic carbocycles. The fourth-order valence-corrected chi connectivity index (χ4v) is 2.42. The van der Waals surface area contributed by atoms with E-state index in [1.807, 2.05) is 30.0 Å². The molecule has 1 aromatic heterocycles. The van der Waals surface area contributed by atoms with Crippen LogP contribution < -0.4 is 4.90 Å². The Bertz CT molecular complexity index is 566. The van der Waals surface area contributed by atoms with Crippen LogP contribution in [0.1, 0.15) is 18.3 Å². The summed E-state index contributed by atoms with van der Waals surface area (Å²) in [4.78, 5) is 14.1. The third-order valence-electron chi connectivity index (χ3n) is 3.17. The van der Waals surface area contributed by atoms with Gasteiger partial charge >= 0.3 is 0 Å². The van der Waals surface area contributed by atoms with E-state index in [2.05, 4.69) is 26.7 Å². The lowest BCUT2D eigenvalue weighted by molar-refractivity contribution is -0.118. The van der Waals surface area contributed by atoms with Crippen molar-refractivity contribution in [3.63, 3.8) is 0 Å². The van der Waals surface area contributed by atoms with E-state index in [4.69, 9.17) is 0 Å². The first-order valence-corrected chi connectivity index (χ1v) is 5.88. The normalized spacial score (nSPS) is 17.8. The number of anilines is 1. The number of H-pyrrole nitrogens is 1. The summed E-state index contributed by atoms with van der Waals surface area (Å²) in [6, 6.07) is 8.17. The van der Waals surface area contributed by atoms with Crippen LogP contribution in [-0.2, 0) is 17.6 Å². The minimum atomic E-state index is 0.00819. The van der Waals surface area contributed by atoms with Gasteiger partial charge in [-0.2, -0.15) is 5.21 Å². The van der Waals surface area contributed by atoms with E-state index < -0.39 is 0 Å². The quantitative estimate of drug-likeness (QED) is 0.843. The highest BCUT2D eigenvalue weighted by atomic mass is 16.2. The van der Waals surface area contributed by atoms with Gasteiger partial charge in [0.25, 0.3) is 0 Å². The molecule has 0 saturated carbocycles. The van der Waals surface area contributed by atoms with Crippen molar-refractivity contribution in [1.82, 2.24) is 20.6 Å². The molecule has 1 unspecified atom stereocenters. The number of aromatic amines is 1. The number of carbonyl (C=O) groups excluding carboxylic acids is 1. The molecular formula is C12H13N5O. The maximum Gasteiger partial charge on any atom is 0.235 e. The summed E-state index contributed by atoms with van der Waals surface area (Å²) in [6.45, 7) is 2.05. The summed E-state index contributed by atoms with van der Waals surface area (Å²) < 4.78 is 0. The average molecular weight is 243 g/mol. The van der Waals surface area contributed by atoms with Gasteiger partial charge in [-0.1, -0.05) is 23.4 Å². The molecule has 1 aliphatic rings. The number of tetrazole rings is 1. The highest BCUT2D eigenvalue weighted by molar-refractivity contribution is 5.97. The fraction of sp³-hybridized carbons (Fsp3) is 0.333. The lowest BCUT2D eigenvalue weighted by Crippen LogP contribution is -2.37. The number of hydrogen-bond acceptors (Lipinski definition) is 4. The highest BCUT2D eigenvalue weighted by Crippen LogP contribution is 2.31. The number of aromatic nitrogens is 4. The van der Waals surface area contributed by atoms with Crippen molar-refractivity contribution in [3.8, 4) is 0 Å². The van der Waals surface area contributed by atoms with Gasteiger partial charge in [0, 0.05) is 11.7 Å². The lowest BCUT2D eigenvalue weighted by Gasteiger charge is -2.22. The molecule has 1 N–H and O–H groups in total. The molecule has 1 amide bonds. The zero-order valence-corrected chi connectivity index (χ0v) is 10.00. The fourth-order valence-electron chi connectivity index (χ4n) is 2.42. The van der Waals surface area contributed by atoms with Crippen molar-refractivity contribution < 1.29 is 4.79 Å². The van der Waals surface area contributed by atoms with E-state index in [0.717, 1.165) is 12.1 Å². The number of para-hydroxylation sites is 1. The minimum Gasteiger partial charge on any atom is -0.309 e. The van der Waals surface area contributed by atoms with Crippen LogP contribution in [0.25, 0.3) is 0 Å². The monoisotopic (exact) mass is 243 g/mol. The zero-order valence-electron chi connectivity index (χ0n) is 10.00. The molecule has 6 heteroatoms. The SMILES string of the molecule is CC1Cc2ccccc2N1C(=O)Cc1nn[nH]n1. The first kappa shape index (κ1) is 10.9. The molecule has 18 heavy (non-hydrogen) atoms. The molecular weight excluding hydrogens is 230 g/mol. The maximum atomic E-state index is 12.3. The van der Waals surface area contributed by atoms with Crippen LogP contribution in [0.3, 0.4) is 0 Å². The summed E-state index contributed by atoms with van der Waals surface area (Å²) >= 11 is 0. The zero-order chi connectivity index (χ0) is 12.5. The Morgan fingerprint density at radius 3 is 3.11 bits per heavy atom. The topological polar surface area (TPSA) is 74.8 Å². The number of hydrogen-bond donors (Lipinski definition) is 1. The molecule has 1 aliphatic heterocycles. The standard InChI is InChI=1S/C12H13N5O/c1-8-6-9-4-2-3-5-10(9)17(8)12(18)7-11-13-15-16-14-11/h2-5,8H,6-7H2,1H3,(H,13,14,15,16). The van der Waals surface area contributed by atoms with E-state index in [1.54, 1.807) is 0 Å². The van der Waals surface area contributed by atoms with Crippen LogP contribution in [0.4, 0.5) is 5.69 Å². The third kappa shape index (κ3) is 1.75. The predicted molar refractivity (Wildman–Crippen MR) is 65.0 cm³/mol. The first-order chi connectivity index (χ1) is 8.75. The molecule has 6 nitrogen and oxygen atoms in total. The van der Waals surface area contributed by atoms with Gasteiger partial charge in [-0.05, 0) is 25.0 Å². The van der Waals surface area contributed by atoms with E-state index in [9.17, 15) is 4.79 Å². The molecule has 2 heterocycles. The summed E-state index contributed by atoms with van der Waals surface area (Å²) in [5.74, 6) is 0.436. The average Bonchev–Trinajstić information content (AvgIpc) is 2.94. The second-order valence-electron chi connectivity index (χ2n) is 4.45. The Hall–Kier alpha value is -2.24. The van der Waals surface area contributed by atoms with E-state index in [0.29, 0.717) is 5.82 Å². The maximum absolute atomic E-state index is 12.3. The van der Waals surface area contributed by atoms with Crippen LogP contribution in [0, 0.1) is 0 Å². The summed E-state index contributed by atoms with van der Waals surface area (Å²) in [6.07, 6.45) is 1.07. The van der Waals surface area contributed by atoms with Gasteiger partial charge in [0.15, 0.2) is 5.82 Å². The van der Waals surface area contributed by atoms with Crippen LogP contribution >= 0.6 is 0 Å². The first-order valence-electron chi connectivity index (χ1n) is 5.88. The molecule has 92 valence electrons. The van der Waals surface area contributed by atoms with Gasteiger partial charge in [0.2, 0.25) is 5.91 Å². The van der Waals surface area contributed by atoms with Crippen molar-refractivity contribution in [1.29, 1.82) is 0 Å². The van der Waals surface area contributed by atoms with Crippen LogP contribution in [0.2, 0.25) is 0 Å². The second-order valence-corrected chi connectivity index (χ2v) is 4.45. The molecule has 0 saturated heterocycles. The van der Waals surface area contributed by atoms with E-state index in [-0.39, 0.29) is 18.4 Å². The molecule has 0 radical (unpaired) electrons. The van der Waals surface area contributed by atoms with Crippen molar-refractivity contribution in [2.75, 3.05) is 4.90 Å². The number of amides is 1. The number of nitrogens with zero attached hydrogens (tertiary/aromatic N) is 4. The van der Waals surface area contributed by atoms with E-state index in [1.165, 1.54) is 5.56 Å². The van der Waals surface area contributed by atoms with Gasteiger partial charge in [-0.25, -0.2) is 0 Å². The van der Waals surface area contributed by atoms with Crippen LogP contribution in [0.5, 0.6) is 0 Å². The number of benzene rings is 1. The van der Waals surface area contributed by atoms with Gasteiger partial charge < -0.3 is 4.90 Å². The molecule has 1 atom stereocenters. The minimum absolute atomic E-state index is 0.00819. The van der Waals surface area contributed by atoms with Crippen molar-refractivity contribution >= 4 is 11.6 Å². The van der Waals surface area contributed by atoms with Crippen molar-refractivity contribution in [2.24, 2.45) is 0 Å². The number of carbonyl (C=O) groups is 1. The molecule has 0 spiro atoms. The largest absolute Gasteiger partial charge is 0.309 e. The van der Waals surface area contributed by atoms with Crippen molar-refractivity contribution in [3.05, 3.63) is 35.7 Å². The predicted octanol–water partition coefficient (Wildman–Crippen LogP) is 0.720.